The molecular formula is C12H20O11. The summed E-state index contributed by atoms with van der Waals surface area (Å²) in [6.45, 7) is 1.39. The quantitative estimate of drug-likeness (QED) is 0.263. The number of carboxylic acid groups (broad SMARTS) is 1. The van der Waals surface area contributed by atoms with E-state index in [1.165, 1.54) is 6.92 Å². The lowest BCUT2D eigenvalue weighted by Crippen LogP contribution is -2.64. The zero-order valence-corrected chi connectivity index (χ0v) is 12.0. The third-order valence-corrected chi connectivity index (χ3v) is 3.91. The SMILES string of the molecule is C[C@@H]1O[C@@H](O[C@H]2[C@H](O)[C@@H](O)C(O)O[C@@H]2C(=O)O)[C@H](O)[C@H](O)[C@H]1O. The molecule has 2 saturated heterocycles. The Morgan fingerprint density at radius 2 is 1.48 bits per heavy atom. The normalized spacial score (nSPS) is 51.4. The van der Waals surface area contributed by atoms with Crippen LogP contribution in [0, 0.1) is 0 Å². The number of carboxylic acids is 1. The summed E-state index contributed by atoms with van der Waals surface area (Å²) in [5, 5.41) is 67.0. The van der Waals surface area contributed by atoms with Crippen LogP contribution in [0.3, 0.4) is 0 Å². The molecule has 0 aromatic heterocycles. The van der Waals surface area contributed by atoms with Gasteiger partial charge in [0.25, 0.3) is 0 Å². The van der Waals surface area contributed by atoms with Gasteiger partial charge in [0.15, 0.2) is 18.7 Å². The molecule has 23 heavy (non-hydrogen) atoms. The lowest BCUT2D eigenvalue weighted by molar-refractivity contribution is -0.347. The van der Waals surface area contributed by atoms with Gasteiger partial charge in [-0.2, -0.15) is 0 Å². The molecule has 134 valence electrons. The molecule has 0 bridgehead atoms. The van der Waals surface area contributed by atoms with E-state index in [1.807, 2.05) is 0 Å². The summed E-state index contributed by atoms with van der Waals surface area (Å²) in [6.07, 6.45) is -16.4. The number of ether oxygens (including phenoxy) is 3. The number of carbonyl (C=O) groups is 1. The van der Waals surface area contributed by atoms with Crippen molar-refractivity contribution in [1.82, 2.24) is 0 Å². The maximum absolute atomic E-state index is 11.2. The van der Waals surface area contributed by atoms with Crippen LogP contribution in [-0.2, 0) is 19.0 Å². The standard InChI is InChI=1S/C12H20O11/c1-2-3(13)4(14)7(17)12(21-2)23-8-5(15)6(16)11(20)22-9(8)10(18)19/h2-9,11-17,20H,1H3,(H,18,19)/t2-,3-,4+,5+,6+,7+,8-,9-,11?,12-/m0/s1. The van der Waals surface area contributed by atoms with E-state index in [-0.39, 0.29) is 0 Å². The molecule has 0 radical (unpaired) electrons. The maximum Gasteiger partial charge on any atom is 0.335 e. The molecule has 2 heterocycles. The Morgan fingerprint density at radius 1 is 0.870 bits per heavy atom. The van der Waals surface area contributed by atoms with Gasteiger partial charge < -0.3 is 50.0 Å². The van der Waals surface area contributed by atoms with Gasteiger partial charge in [-0.25, -0.2) is 4.79 Å². The minimum Gasteiger partial charge on any atom is -0.479 e. The number of aliphatic hydroxyl groups is 6. The van der Waals surface area contributed by atoms with Gasteiger partial charge in [-0.3, -0.25) is 0 Å². The average Bonchev–Trinajstić information content (AvgIpc) is 2.50. The van der Waals surface area contributed by atoms with Crippen molar-refractivity contribution in [2.75, 3.05) is 0 Å². The lowest BCUT2D eigenvalue weighted by atomic mass is 9.97. The lowest BCUT2D eigenvalue weighted by Gasteiger charge is -2.44. The number of aliphatic hydroxyl groups excluding tert-OH is 6. The Balaban J connectivity index is 2.16. The molecule has 1 unspecified atom stereocenters. The maximum atomic E-state index is 11.2. The molecule has 2 aliphatic heterocycles. The molecule has 0 aromatic carbocycles. The number of rotatable bonds is 3. The summed E-state index contributed by atoms with van der Waals surface area (Å²) in [7, 11) is 0. The van der Waals surface area contributed by atoms with Crippen molar-refractivity contribution in [2.24, 2.45) is 0 Å². The van der Waals surface area contributed by atoms with Crippen LogP contribution in [0.1, 0.15) is 6.92 Å². The molecule has 0 saturated carbocycles. The molecule has 2 fully saturated rings. The molecular weight excluding hydrogens is 320 g/mol. The van der Waals surface area contributed by atoms with Gasteiger partial charge in [0, 0.05) is 0 Å². The van der Waals surface area contributed by atoms with E-state index in [4.69, 9.17) is 14.6 Å². The largest absolute Gasteiger partial charge is 0.479 e. The van der Waals surface area contributed by atoms with Gasteiger partial charge in [-0.05, 0) is 6.92 Å². The van der Waals surface area contributed by atoms with Crippen LogP contribution >= 0.6 is 0 Å². The highest BCUT2D eigenvalue weighted by molar-refractivity contribution is 5.73. The van der Waals surface area contributed by atoms with Gasteiger partial charge in [0.2, 0.25) is 0 Å². The van der Waals surface area contributed by atoms with Gasteiger partial charge >= 0.3 is 5.97 Å². The number of hydrogen-bond acceptors (Lipinski definition) is 10. The second-order valence-electron chi connectivity index (χ2n) is 5.55. The molecule has 0 aromatic rings. The predicted octanol–water partition coefficient (Wildman–Crippen LogP) is -4.28. The summed E-state index contributed by atoms with van der Waals surface area (Å²) in [5.41, 5.74) is 0. The van der Waals surface area contributed by atoms with E-state index >= 15 is 0 Å². The highest BCUT2D eigenvalue weighted by Crippen LogP contribution is 2.28. The summed E-state index contributed by atoms with van der Waals surface area (Å²) in [5.74, 6) is -1.58. The zero-order valence-electron chi connectivity index (χ0n) is 12.0. The van der Waals surface area contributed by atoms with Crippen molar-refractivity contribution >= 4 is 5.97 Å². The topological polar surface area (TPSA) is 186 Å². The predicted molar refractivity (Wildman–Crippen MR) is 67.8 cm³/mol. The van der Waals surface area contributed by atoms with E-state index < -0.39 is 67.4 Å². The van der Waals surface area contributed by atoms with Crippen LogP contribution in [0.25, 0.3) is 0 Å². The van der Waals surface area contributed by atoms with Crippen LogP contribution < -0.4 is 0 Å². The Morgan fingerprint density at radius 3 is 2.04 bits per heavy atom. The van der Waals surface area contributed by atoms with E-state index in [0.717, 1.165) is 0 Å². The Labute approximate surface area is 130 Å². The fourth-order valence-electron chi connectivity index (χ4n) is 2.48. The van der Waals surface area contributed by atoms with Gasteiger partial charge in [0.1, 0.15) is 36.6 Å². The van der Waals surface area contributed by atoms with Crippen molar-refractivity contribution in [3.8, 4) is 0 Å². The third kappa shape index (κ3) is 3.47. The average molecular weight is 340 g/mol. The van der Waals surface area contributed by atoms with Crippen molar-refractivity contribution in [3.63, 3.8) is 0 Å². The van der Waals surface area contributed by atoms with Crippen molar-refractivity contribution in [2.45, 2.75) is 68.3 Å². The first-order chi connectivity index (χ1) is 10.6. The molecule has 10 atom stereocenters. The third-order valence-electron chi connectivity index (χ3n) is 3.91. The molecule has 0 spiro atoms. The highest BCUT2D eigenvalue weighted by Gasteiger charge is 2.51. The first-order valence-electron chi connectivity index (χ1n) is 6.92. The fourth-order valence-corrected chi connectivity index (χ4v) is 2.48. The summed E-state index contributed by atoms with van der Waals surface area (Å²) >= 11 is 0. The fraction of sp³-hybridized carbons (Fsp3) is 0.917. The summed E-state index contributed by atoms with van der Waals surface area (Å²) < 4.78 is 15.0. The van der Waals surface area contributed by atoms with E-state index in [9.17, 15) is 35.4 Å². The summed E-state index contributed by atoms with van der Waals surface area (Å²) in [6, 6.07) is 0. The molecule has 7 N–H and O–H groups in total. The van der Waals surface area contributed by atoms with E-state index in [2.05, 4.69) is 4.74 Å². The second kappa shape index (κ2) is 6.93. The van der Waals surface area contributed by atoms with Crippen LogP contribution in [0.4, 0.5) is 0 Å². The molecule has 0 amide bonds. The second-order valence-corrected chi connectivity index (χ2v) is 5.55. The first-order valence-corrected chi connectivity index (χ1v) is 6.92. The minimum absolute atomic E-state index is 0.946. The van der Waals surface area contributed by atoms with Crippen molar-refractivity contribution < 1.29 is 54.8 Å². The van der Waals surface area contributed by atoms with Gasteiger partial charge in [-0.15, -0.1) is 0 Å². The number of hydrogen-bond donors (Lipinski definition) is 7. The molecule has 0 aliphatic carbocycles. The first kappa shape index (κ1) is 18.4. The van der Waals surface area contributed by atoms with Crippen LogP contribution in [0.5, 0.6) is 0 Å². The van der Waals surface area contributed by atoms with Gasteiger partial charge in [-0.1, -0.05) is 0 Å². The molecule has 11 heteroatoms. The number of aliphatic carboxylic acids is 1. The molecule has 11 nitrogen and oxygen atoms in total. The Bertz CT molecular complexity index is 431. The van der Waals surface area contributed by atoms with Gasteiger partial charge in [0.05, 0.1) is 6.10 Å². The van der Waals surface area contributed by atoms with Crippen LogP contribution in [0.15, 0.2) is 0 Å². The Hall–Kier alpha value is -0.890. The van der Waals surface area contributed by atoms with Crippen LogP contribution in [-0.4, -0.2) is 103 Å². The zero-order chi connectivity index (χ0) is 17.5. The van der Waals surface area contributed by atoms with Crippen LogP contribution in [0.2, 0.25) is 0 Å². The van der Waals surface area contributed by atoms with Crippen molar-refractivity contribution in [1.29, 1.82) is 0 Å². The smallest absolute Gasteiger partial charge is 0.335 e. The van der Waals surface area contributed by atoms with E-state index in [0.29, 0.717) is 0 Å². The monoisotopic (exact) mass is 340 g/mol. The molecule has 2 aliphatic rings. The highest BCUT2D eigenvalue weighted by atomic mass is 16.7. The summed E-state index contributed by atoms with van der Waals surface area (Å²) in [4.78, 5) is 11.2. The Kier molecular flexibility index (Phi) is 5.56. The van der Waals surface area contributed by atoms with E-state index in [1.54, 1.807) is 0 Å². The van der Waals surface area contributed by atoms with Crippen molar-refractivity contribution in [3.05, 3.63) is 0 Å². The minimum atomic E-state index is -1.94. The molecule has 2 rings (SSSR count).